The summed E-state index contributed by atoms with van der Waals surface area (Å²) >= 11 is 1.66. The molecular formula is C16H20N6OS. The maximum Gasteiger partial charge on any atom is 0.214 e. The van der Waals surface area contributed by atoms with Crippen LogP contribution < -0.4 is 4.74 Å². The van der Waals surface area contributed by atoms with Crippen molar-refractivity contribution in [2.45, 2.75) is 31.0 Å². The highest BCUT2D eigenvalue weighted by molar-refractivity contribution is 7.99. The second-order valence-corrected chi connectivity index (χ2v) is 6.29. The van der Waals surface area contributed by atoms with E-state index in [4.69, 9.17) is 4.74 Å². The van der Waals surface area contributed by atoms with Crippen LogP contribution in [-0.2, 0) is 6.54 Å². The van der Waals surface area contributed by atoms with Gasteiger partial charge in [0.15, 0.2) is 0 Å². The van der Waals surface area contributed by atoms with Gasteiger partial charge in [-0.15, -0.1) is 5.10 Å². The number of nitrogens with zero attached hydrogens (tertiary/aromatic N) is 6. The number of unbranched alkanes of at least 4 members (excludes halogenated alkanes) is 2. The van der Waals surface area contributed by atoms with Crippen LogP contribution in [-0.4, -0.2) is 42.9 Å². The Bertz CT molecular complexity index is 743. The normalized spacial score (nSPS) is 10.9. The van der Waals surface area contributed by atoms with Crippen LogP contribution in [0.3, 0.4) is 0 Å². The smallest absolute Gasteiger partial charge is 0.214 e. The van der Waals surface area contributed by atoms with E-state index in [1.165, 1.54) is 0 Å². The van der Waals surface area contributed by atoms with Gasteiger partial charge in [-0.2, -0.15) is 9.78 Å². The van der Waals surface area contributed by atoms with Crippen molar-refractivity contribution in [1.29, 1.82) is 0 Å². The first kappa shape index (κ1) is 16.5. The average molecular weight is 344 g/mol. The van der Waals surface area contributed by atoms with Crippen molar-refractivity contribution in [1.82, 2.24) is 30.0 Å². The summed E-state index contributed by atoms with van der Waals surface area (Å²) in [5.41, 5.74) is 0.853. The van der Waals surface area contributed by atoms with Crippen LogP contribution in [0.1, 0.15) is 19.3 Å². The molecule has 0 aliphatic carbocycles. The SMILES string of the molecule is COc1ccccc1-n1nnnc1SCCCCCn1cccn1. The zero-order valence-electron chi connectivity index (χ0n) is 13.6. The summed E-state index contributed by atoms with van der Waals surface area (Å²) in [6.07, 6.45) is 7.21. The molecule has 1 aromatic carbocycles. The fraction of sp³-hybridized carbons (Fsp3) is 0.375. The van der Waals surface area contributed by atoms with Crippen molar-refractivity contribution in [3.05, 3.63) is 42.7 Å². The lowest BCUT2D eigenvalue weighted by Crippen LogP contribution is -2.02. The average Bonchev–Trinajstić information content (AvgIpc) is 3.29. The Morgan fingerprint density at radius 2 is 2.04 bits per heavy atom. The number of ether oxygens (including phenoxy) is 1. The maximum absolute atomic E-state index is 5.38. The first-order chi connectivity index (χ1) is 11.9. The minimum absolute atomic E-state index is 0.755. The number of rotatable bonds is 9. The highest BCUT2D eigenvalue weighted by Gasteiger charge is 2.12. The first-order valence-corrected chi connectivity index (χ1v) is 8.89. The van der Waals surface area contributed by atoms with Gasteiger partial charge in [0.05, 0.1) is 7.11 Å². The van der Waals surface area contributed by atoms with E-state index in [0.717, 1.165) is 48.2 Å². The van der Waals surface area contributed by atoms with Crippen LogP contribution in [0.5, 0.6) is 5.75 Å². The molecule has 0 spiro atoms. The molecule has 3 aromatic rings. The molecule has 0 aliphatic rings. The van der Waals surface area contributed by atoms with Crippen LogP contribution in [0.25, 0.3) is 5.69 Å². The largest absolute Gasteiger partial charge is 0.494 e. The molecule has 0 saturated heterocycles. The number of hydrogen-bond acceptors (Lipinski definition) is 6. The number of para-hydroxylation sites is 2. The molecule has 126 valence electrons. The van der Waals surface area contributed by atoms with E-state index in [1.54, 1.807) is 23.6 Å². The van der Waals surface area contributed by atoms with Gasteiger partial charge >= 0.3 is 0 Å². The molecule has 8 heteroatoms. The lowest BCUT2D eigenvalue weighted by molar-refractivity contribution is 0.410. The predicted octanol–water partition coefficient (Wildman–Crippen LogP) is 2.83. The maximum atomic E-state index is 5.38. The lowest BCUT2D eigenvalue weighted by Gasteiger charge is -2.08. The zero-order chi connectivity index (χ0) is 16.6. The number of methoxy groups -OCH3 is 1. The molecule has 0 unspecified atom stereocenters. The van der Waals surface area contributed by atoms with Gasteiger partial charge in [0.25, 0.3) is 0 Å². The second-order valence-electron chi connectivity index (χ2n) is 5.22. The van der Waals surface area contributed by atoms with Crippen molar-refractivity contribution < 1.29 is 4.74 Å². The van der Waals surface area contributed by atoms with Crippen molar-refractivity contribution >= 4 is 11.8 Å². The lowest BCUT2D eigenvalue weighted by atomic mass is 10.2. The van der Waals surface area contributed by atoms with Crippen molar-refractivity contribution in [3.8, 4) is 11.4 Å². The molecule has 7 nitrogen and oxygen atoms in total. The van der Waals surface area contributed by atoms with Crippen molar-refractivity contribution in [2.24, 2.45) is 0 Å². The molecule has 0 fully saturated rings. The summed E-state index contributed by atoms with van der Waals surface area (Å²) in [5.74, 6) is 1.74. The van der Waals surface area contributed by atoms with E-state index >= 15 is 0 Å². The van der Waals surface area contributed by atoms with E-state index in [0.29, 0.717) is 0 Å². The number of aryl methyl sites for hydroxylation is 1. The molecule has 2 heterocycles. The minimum atomic E-state index is 0.755. The third kappa shape index (κ3) is 4.14. The fourth-order valence-electron chi connectivity index (χ4n) is 2.37. The Kier molecular flexibility index (Phi) is 5.84. The number of thioether (sulfide) groups is 1. The minimum Gasteiger partial charge on any atom is -0.494 e. The van der Waals surface area contributed by atoms with Gasteiger partial charge in [-0.05, 0) is 41.5 Å². The van der Waals surface area contributed by atoms with Crippen LogP contribution in [0, 0.1) is 0 Å². The van der Waals surface area contributed by atoms with Crippen molar-refractivity contribution in [2.75, 3.05) is 12.9 Å². The molecule has 2 aromatic heterocycles. The third-order valence-electron chi connectivity index (χ3n) is 3.58. The molecule has 0 amide bonds. The van der Waals surface area contributed by atoms with Gasteiger partial charge in [0.2, 0.25) is 5.16 Å². The van der Waals surface area contributed by atoms with Gasteiger partial charge in [-0.1, -0.05) is 30.3 Å². The fourth-order valence-corrected chi connectivity index (χ4v) is 3.26. The second kappa shape index (κ2) is 8.49. The molecule has 0 aliphatic heterocycles. The van der Waals surface area contributed by atoms with E-state index < -0.39 is 0 Å². The van der Waals surface area contributed by atoms with Gasteiger partial charge in [-0.3, -0.25) is 4.68 Å². The van der Waals surface area contributed by atoms with Crippen LogP contribution in [0.2, 0.25) is 0 Å². The Labute approximate surface area is 145 Å². The van der Waals surface area contributed by atoms with E-state index in [1.807, 2.05) is 47.4 Å². The highest BCUT2D eigenvalue weighted by Crippen LogP contribution is 2.25. The molecule has 0 radical (unpaired) electrons. The summed E-state index contributed by atoms with van der Waals surface area (Å²) in [6, 6.07) is 9.68. The summed E-state index contributed by atoms with van der Waals surface area (Å²) in [4.78, 5) is 0. The van der Waals surface area contributed by atoms with Gasteiger partial charge in [0, 0.05) is 24.7 Å². The number of benzene rings is 1. The Balaban J connectivity index is 1.49. The topological polar surface area (TPSA) is 70.7 Å². The summed E-state index contributed by atoms with van der Waals surface area (Å²) in [7, 11) is 1.65. The first-order valence-electron chi connectivity index (χ1n) is 7.90. The predicted molar refractivity (Wildman–Crippen MR) is 92.5 cm³/mol. The monoisotopic (exact) mass is 344 g/mol. The van der Waals surface area contributed by atoms with Crippen LogP contribution >= 0.6 is 11.8 Å². The summed E-state index contributed by atoms with van der Waals surface area (Å²) in [5, 5.41) is 17.0. The van der Waals surface area contributed by atoms with E-state index in [-0.39, 0.29) is 0 Å². The molecule has 0 N–H and O–H groups in total. The molecule has 0 atom stereocenters. The van der Waals surface area contributed by atoms with Crippen LogP contribution in [0.15, 0.2) is 47.9 Å². The van der Waals surface area contributed by atoms with Gasteiger partial charge in [-0.25, -0.2) is 0 Å². The Morgan fingerprint density at radius 3 is 2.88 bits per heavy atom. The standard InChI is InChI=1S/C16H20N6OS/c1-23-15-9-4-3-8-14(15)22-16(18-19-20-22)24-13-6-2-5-11-21-12-7-10-17-21/h3-4,7-10,12H,2,5-6,11,13H2,1H3. The van der Waals surface area contributed by atoms with Crippen LogP contribution in [0.4, 0.5) is 0 Å². The Hall–Kier alpha value is -2.35. The third-order valence-corrected chi connectivity index (χ3v) is 4.58. The molecule has 0 saturated carbocycles. The Morgan fingerprint density at radius 1 is 1.12 bits per heavy atom. The quantitative estimate of drug-likeness (QED) is 0.439. The van der Waals surface area contributed by atoms with E-state index in [9.17, 15) is 0 Å². The molecule has 3 rings (SSSR count). The number of aromatic nitrogens is 6. The van der Waals surface area contributed by atoms with E-state index in [2.05, 4.69) is 20.6 Å². The highest BCUT2D eigenvalue weighted by atomic mass is 32.2. The summed E-state index contributed by atoms with van der Waals surface area (Å²) in [6.45, 7) is 0.969. The summed E-state index contributed by atoms with van der Waals surface area (Å²) < 4.78 is 9.08. The van der Waals surface area contributed by atoms with Gasteiger partial charge in [0.1, 0.15) is 11.4 Å². The van der Waals surface area contributed by atoms with Gasteiger partial charge < -0.3 is 4.74 Å². The van der Waals surface area contributed by atoms with Crippen molar-refractivity contribution in [3.63, 3.8) is 0 Å². The molecule has 0 bridgehead atoms. The molecular weight excluding hydrogens is 324 g/mol. The number of hydrogen-bond donors (Lipinski definition) is 0. The number of tetrazole rings is 1. The zero-order valence-corrected chi connectivity index (χ0v) is 14.4. The molecule has 24 heavy (non-hydrogen) atoms.